The third-order valence-corrected chi connectivity index (χ3v) is 6.38. The fraction of sp³-hybridized carbons (Fsp3) is 0.542. The van der Waals surface area contributed by atoms with Crippen LogP contribution in [0.2, 0.25) is 0 Å². The van der Waals surface area contributed by atoms with Gasteiger partial charge < -0.3 is 10.6 Å². The second kappa shape index (κ2) is 9.64. The summed E-state index contributed by atoms with van der Waals surface area (Å²) in [5.74, 6) is -0.231. The quantitative estimate of drug-likeness (QED) is 0.673. The number of amides is 2. The molecule has 2 aliphatic heterocycles. The van der Waals surface area contributed by atoms with Crippen molar-refractivity contribution in [1.29, 1.82) is 0 Å². The highest BCUT2D eigenvalue weighted by molar-refractivity contribution is 6.17. The van der Waals surface area contributed by atoms with Crippen LogP contribution in [0.3, 0.4) is 0 Å². The predicted octanol–water partition coefficient (Wildman–Crippen LogP) is 4.44. The number of nitrogens with zero attached hydrogens (tertiary/aromatic N) is 3. The molecule has 0 aliphatic carbocycles. The molecule has 7 heteroatoms. The Hall–Kier alpha value is -2.67. The number of unbranched alkanes of at least 4 members (excludes halogenated alkanes) is 2. The molecule has 7 nitrogen and oxygen atoms in total. The zero-order valence-electron chi connectivity index (χ0n) is 18.6. The molecule has 0 radical (unpaired) electrons. The van der Waals surface area contributed by atoms with Gasteiger partial charge in [-0.25, -0.2) is 0 Å². The van der Waals surface area contributed by atoms with Crippen molar-refractivity contribution in [3.8, 4) is 0 Å². The Labute approximate surface area is 184 Å². The highest BCUT2D eigenvalue weighted by Crippen LogP contribution is 2.40. The van der Waals surface area contributed by atoms with Gasteiger partial charge in [-0.05, 0) is 51.3 Å². The summed E-state index contributed by atoms with van der Waals surface area (Å²) < 4.78 is 1.56. The molecule has 2 N–H and O–H groups in total. The maximum absolute atomic E-state index is 13.4. The number of rotatable bonds is 6. The van der Waals surface area contributed by atoms with E-state index in [0.717, 1.165) is 25.8 Å². The van der Waals surface area contributed by atoms with Crippen molar-refractivity contribution >= 4 is 28.9 Å². The maximum Gasteiger partial charge on any atom is 0.276 e. The lowest BCUT2D eigenvalue weighted by Gasteiger charge is -2.23. The number of para-hydroxylation sites is 2. The molecule has 4 rings (SSSR count). The van der Waals surface area contributed by atoms with Crippen molar-refractivity contribution in [3.05, 3.63) is 35.7 Å². The van der Waals surface area contributed by atoms with Gasteiger partial charge in [-0.1, -0.05) is 37.8 Å². The topological polar surface area (TPSA) is 79.3 Å². The van der Waals surface area contributed by atoms with E-state index in [2.05, 4.69) is 15.7 Å². The van der Waals surface area contributed by atoms with Crippen LogP contribution in [0.15, 0.2) is 24.3 Å². The number of carbonyl (C=O) groups excluding carboxylic acids is 2. The van der Waals surface area contributed by atoms with Gasteiger partial charge in [0.25, 0.3) is 5.91 Å². The van der Waals surface area contributed by atoms with Crippen molar-refractivity contribution in [2.24, 2.45) is 7.05 Å². The predicted molar refractivity (Wildman–Crippen MR) is 123 cm³/mol. The first-order valence-corrected chi connectivity index (χ1v) is 11.6. The normalized spacial score (nSPS) is 18.6. The highest BCUT2D eigenvalue weighted by Gasteiger charge is 2.33. The summed E-state index contributed by atoms with van der Waals surface area (Å²) in [5.41, 5.74) is 3.05. The van der Waals surface area contributed by atoms with Crippen LogP contribution in [0.1, 0.15) is 74.0 Å². The first-order chi connectivity index (χ1) is 15.1. The molecule has 166 valence electrons. The van der Waals surface area contributed by atoms with Crippen LogP contribution in [-0.4, -0.2) is 34.2 Å². The Morgan fingerprint density at radius 1 is 1.16 bits per heavy atom. The number of aryl methyl sites for hydroxylation is 2. The molecule has 0 spiro atoms. The first kappa shape index (κ1) is 21.6. The van der Waals surface area contributed by atoms with Crippen LogP contribution < -0.4 is 15.5 Å². The summed E-state index contributed by atoms with van der Waals surface area (Å²) in [6.45, 7) is 2.98. The van der Waals surface area contributed by atoms with Gasteiger partial charge in [0, 0.05) is 19.5 Å². The lowest BCUT2D eigenvalue weighted by Crippen LogP contribution is -2.28. The molecular formula is C24H33N5O2. The van der Waals surface area contributed by atoms with Crippen molar-refractivity contribution in [3.63, 3.8) is 0 Å². The maximum atomic E-state index is 13.4. The Morgan fingerprint density at radius 3 is 2.87 bits per heavy atom. The molecule has 1 fully saturated rings. The van der Waals surface area contributed by atoms with E-state index in [1.165, 1.54) is 32.1 Å². The van der Waals surface area contributed by atoms with E-state index < -0.39 is 0 Å². The Balaban J connectivity index is 1.45. The average molecular weight is 424 g/mol. The molecule has 1 atom stereocenters. The summed E-state index contributed by atoms with van der Waals surface area (Å²) in [5, 5.41) is 11.0. The van der Waals surface area contributed by atoms with Gasteiger partial charge in [-0.3, -0.25) is 19.2 Å². The Morgan fingerprint density at radius 2 is 2.00 bits per heavy atom. The van der Waals surface area contributed by atoms with Crippen molar-refractivity contribution in [2.45, 2.75) is 70.8 Å². The van der Waals surface area contributed by atoms with Crippen molar-refractivity contribution in [2.75, 3.05) is 16.8 Å². The van der Waals surface area contributed by atoms with Gasteiger partial charge >= 0.3 is 0 Å². The van der Waals surface area contributed by atoms with E-state index in [9.17, 15) is 9.59 Å². The molecule has 0 bridgehead atoms. The summed E-state index contributed by atoms with van der Waals surface area (Å²) in [6.07, 6.45) is 9.88. The van der Waals surface area contributed by atoms with Gasteiger partial charge in [0.15, 0.2) is 5.69 Å². The van der Waals surface area contributed by atoms with Crippen LogP contribution >= 0.6 is 0 Å². The number of fused-ring (bicyclic) bond motifs is 2. The Kier molecular flexibility index (Phi) is 6.70. The van der Waals surface area contributed by atoms with Crippen LogP contribution in [0.4, 0.5) is 17.1 Å². The summed E-state index contributed by atoms with van der Waals surface area (Å²) >= 11 is 0. The summed E-state index contributed by atoms with van der Waals surface area (Å²) in [6, 6.07) is 8.11. The zero-order valence-corrected chi connectivity index (χ0v) is 18.6. The minimum absolute atomic E-state index is 0.00823. The third-order valence-electron chi connectivity index (χ3n) is 6.38. The molecule has 2 amide bonds. The van der Waals surface area contributed by atoms with Gasteiger partial charge in [0.2, 0.25) is 5.91 Å². The number of carbonyl (C=O) groups is 2. The zero-order chi connectivity index (χ0) is 21.8. The summed E-state index contributed by atoms with van der Waals surface area (Å²) in [4.78, 5) is 27.9. The molecule has 3 heterocycles. The molecule has 1 aromatic heterocycles. The molecule has 0 saturated carbocycles. The first-order valence-electron chi connectivity index (χ1n) is 11.6. The Bertz CT molecular complexity index is 943. The number of nitrogens with one attached hydrogen (secondary N) is 2. The van der Waals surface area contributed by atoms with Crippen LogP contribution in [-0.2, 0) is 11.8 Å². The van der Waals surface area contributed by atoms with Crippen LogP contribution in [0, 0.1) is 6.92 Å². The molecular weight excluding hydrogens is 390 g/mol. The highest BCUT2D eigenvalue weighted by atomic mass is 16.2. The minimum atomic E-state index is -0.239. The SMILES string of the molecule is Cc1nn(C)c2c1N(C(=O)CCCCCC1CCCCCN1)c1ccccc1NC2=O. The number of benzene rings is 1. The molecule has 2 aromatic rings. The lowest BCUT2D eigenvalue weighted by atomic mass is 10.0. The lowest BCUT2D eigenvalue weighted by molar-refractivity contribution is -0.118. The molecule has 31 heavy (non-hydrogen) atoms. The van der Waals surface area contributed by atoms with Gasteiger partial charge in [0.1, 0.15) is 5.69 Å². The van der Waals surface area contributed by atoms with E-state index in [1.807, 2.05) is 31.2 Å². The smallest absolute Gasteiger partial charge is 0.276 e. The monoisotopic (exact) mass is 423 g/mol. The van der Waals surface area contributed by atoms with Gasteiger partial charge in [-0.2, -0.15) is 5.10 Å². The van der Waals surface area contributed by atoms with E-state index in [1.54, 1.807) is 16.6 Å². The summed E-state index contributed by atoms with van der Waals surface area (Å²) in [7, 11) is 1.74. The minimum Gasteiger partial charge on any atom is -0.319 e. The average Bonchev–Trinajstić information content (AvgIpc) is 2.93. The molecule has 1 aromatic carbocycles. The second-order valence-corrected chi connectivity index (χ2v) is 8.71. The second-order valence-electron chi connectivity index (χ2n) is 8.71. The standard InChI is InChI=1S/C24H33N5O2/c1-17-22-23(28(2)27-17)24(31)26-19-13-8-9-14-20(19)29(22)21(30)15-7-3-5-11-18-12-6-4-10-16-25-18/h8-9,13-14,18,25H,3-7,10-12,15-16H2,1-2H3,(H,26,31). The number of hydrogen-bond acceptors (Lipinski definition) is 4. The fourth-order valence-electron chi connectivity index (χ4n) is 4.81. The van der Waals surface area contributed by atoms with E-state index in [-0.39, 0.29) is 11.8 Å². The number of hydrogen-bond donors (Lipinski definition) is 2. The third kappa shape index (κ3) is 4.66. The fourth-order valence-corrected chi connectivity index (χ4v) is 4.81. The molecule has 2 aliphatic rings. The molecule has 1 unspecified atom stereocenters. The number of anilines is 3. The van der Waals surface area contributed by atoms with Crippen molar-refractivity contribution in [1.82, 2.24) is 15.1 Å². The van der Waals surface area contributed by atoms with E-state index in [4.69, 9.17) is 0 Å². The largest absolute Gasteiger partial charge is 0.319 e. The van der Waals surface area contributed by atoms with E-state index in [0.29, 0.717) is 40.9 Å². The van der Waals surface area contributed by atoms with Crippen LogP contribution in [0.25, 0.3) is 0 Å². The number of aromatic nitrogens is 2. The van der Waals surface area contributed by atoms with E-state index >= 15 is 0 Å². The molecule has 1 saturated heterocycles. The van der Waals surface area contributed by atoms with Crippen LogP contribution in [0.5, 0.6) is 0 Å². The van der Waals surface area contributed by atoms with Crippen molar-refractivity contribution < 1.29 is 9.59 Å². The van der Waals surface area contributed by atoms with Gasteiger partial charge in [0.05, 0.1) is 17.1 Å². The van der Waals surface area contributed by atoms with Gasteiger partial charge in [-0.15, -0.1) is 0 Å².